The van der Waals surface area contributed by atoms with Gasteiger partial charge in [0.2, 0.25) is 5.91 Å². The lowest BCUT2D eigenvalue weighted by Gasteiger charge is -2.11. The zero-order valence-electron chi connectivity index (χ0n) is 14.2. The molecule has 24 heavy (non-hydrogen) atoms. The number of para-hydroxylation sites is 2. The standard InChI is InChI=1S/C19H21N3O2/c1-13-8-9-15(10-14(13)2)20-19(23)11-22-17-7-5-4-6-16(17)21-18(22)12-24-3/h4-10H,11-12H2,1-3H3,(H,20,23). The van der Waals surface area contributed by atoms with Crippen molar-refractivity contribution in [3.8, 4) is 0 Å². The molecule has 1 N–H and O–H groups in total. The van der Waals surface area contributed by atoms with E-state index in [-0.39, 0.29) is 12.5 Å². The van der Waals surface area contributed by atoms with Gasteiger partial charge in [-0.15, -0.1) is 0 Å². The van der Waals surface area contributed by atoms with Gasteiger partial charge in [0.1, 0.15) is 19.0 Å². The van der Waals surface area contributed by atoms with Gasteiger partial charge in [-0.1, -0.05) is 18.2 Å². The fourth-order valence-corrected chi connectivity index (χ4v) is 2.70. The molecule has 0 spiro atoms. The van der Waals surface area contributed by atoms with Gasteiger partial charge in [0.25, 0.3) is 0 Å². The van der Waals surface area contributed by atoms with Gasteiger partial charge in [-0.2, -0.15) is 0 Å². The average molecular weight is 323 g/mol. The van der Waals surface area contributed by atoms with Crippen LogP contribution in [0.3, 0.4) is 0 Å². The summed E-state index contributed by atoms with van der Waals surface area (Å²) in [5.41, 5.74) is 4.96. The molecule has 0 saturated carbocycles. The molecule has 0 saturated heterocycles. The SMILES string of the molecule is COCc1nc2ccccc2n1CC(=O)Nc1ccc(C)c(C)c1. The van der Waals surface area contributed by atoms with Gasteiger partial charge in [0, 0.05) is 12.8 Å². The first-order valence-electron chi connectivity index (χ1n) is 7.88. The Hall–Kier alpha value is -2.66. The zero-order valence-corrected chi connectivity index (χ0v) is 14.2. The van der Waals surface area contributed by atoms with Crippen LogP contribution in [0.4, 0.5) is 5.69 Å². The van der Waals surface area contributed by atoms with Crippen molar-refractivity contribution >= 4 is 22.6 Å². The number of aromatic nitrogens is 2. The molecule has 0 aliphatic heterocycles. The van der Waals surface area contributed by atoms with E-state index in [1.54, 1.807) is 7.11 Å². The number of amides is 1. The van der Waals surface area contributed by atoms with E-state index in [0.717, 1.165) is 28.1 Å². The van der Waals surface area contributed by atoms with Crippen molar-refractivity contribution in [2.24, 2.45) is 0 Å². The van der Waals surface area contributed by atoms with Crippen LogP contribution in [0.2, 0.25) is 0 Å². The minimum absolute atomic E-state index is 0.0845. The highest BCUT2D eigenvalue weighted by molar-refractivity contribution is 5.91. The van der Waals surface area contributed by atoms with E-state index in [9.17, 15) is 4.79 Å². The third-order valence-corrected chi connectivity index (χ3v) is 4.10. The fraction of sp³-hybridized carbons (Fsp3) is 0.263. The predicted octanol–water partition coefficient (Wildman–Crippen LogP) is 3.44. The highest BCUT2D eigenvalue weighted by Gasteiger charge is 2.13. The maximum absolute atomic E-state index is 12.5. The van der Waals surface area contributed by atoms with Gasteiger partial charge in [-0.25, -0.2) is 4.98 Å². The molecule has 3 rings (SSSR count). The molecular weight excluding hydrogens is 302 g/mol. The number of benzene rings is 2. The summed E-state index contributed by atoms with van der Waals surface area (Å²) in [6, 6.07) is 13.7. The van der Waals surface area contributed by atoms with Gasteiger partial charge in [0.15, 0.2) is 0 Å². The molecule has 0 fully saturated rings. The Morgan fingerprint density at radius 3 is 2.71 bits per heavy atom. The second-order valence-corrected chi connectivity index (χ2v) is 5.88. The number of hydrogen-bond acceptors (Lipinski definition) is 3. The van der Waals surface area contributed by atoms with Crippen LogP contribution in [0.1, 0.15) is 17.0 Å². The summed E-state index contributed by atoms with van der Waals surface area (Å²) in [7, 11) is 1.62. The smallest absolute Gasteiger partial charge is 0.244 e. The molecule has 3 aromatic rings. The van der Waals surface area contributed by atoms with Crippen LogP contribution in [0.5, 0.6) is 0 Å². The maximum Gasteiger partial charge on any atom is 0.244 e. The number of hydrogen-bond donors (Lipinski definition) is 1. The number of imidazole rings is 1. The summed E-state index contributed by atoms with van der Waals surface area (Å²) in [5.74, 6) is 0.660. The van der Waals surface area contributed by atoms with E-state index in [0.29, 0.717) is 6.61 Å². The monoisotopic (exact) mass is 323 g/mol. The van der Waals surface area contributed by atoms with E-state index in [1.807, 2.05) is 54.0 Å². The van der Waals surface area contributed by atoms with Crippen molar-refractivity contribution in [1.82, 2.24) is 9.55 Å². The molecule has 0 aliphatic rings. The lowest BCUT2D eigenvalue weighted by atomic mass is 10.1. The predicted molar refractivity (Wildman–Crippen MR) is 95.0 cm³/mol. The van der Waals surface area contributed by atoms with Crippen LogP contribution in [0.15, 0.2) is 42.5 Å². The third kappa shape index (κ3) is 3.31. The van der Waals surface area contributed by atoms with Crippen molar-refractivity contribution in [3.05, 3.63) is 59.4 Å². The Bertz CT molecular complexity index is 883. The number of carbonyl (C=O) groups excluding carboxylic acids is 1. The highest BCUT2D eigenvalue weighted by atomic mass is 16.5. The largest absolute Gasteiger partial charge is 0.377 e. The number of rotatable bonds is 5. The molecule has 1 amide bonds. The van der Waals surface area contributed by atoms with Crippen LogP contribution in [-0.4, -0.2) is 22.6 Å². The topological polar surface area (TPSA) is 56.2 Å². The van der Waals surface area contributed by atoms with Crippen LogP contribution in [-0.2, 0) is 22.7 Å². The van der Waals surface area contributed by atoms with Crippen molar-refractivity contribution in [2.75, 3.05) is 12.4 Å². The van der Waals surface area contributed by atoms with E-state index < -0.39 is 0 Å². The maximum atomic E-state index is 12.5. The molecule has 0 aliphatic carbocycles. The third-order valence-electron chi connectivity index (χ3n) is 4.10. The Kier molecular flexibility index (Phi) is 4.62. The Morgan fingerprint density at radius 1 is 1.17 bits per heavy atom. The van der Waals surface area contributed by atoms with Crippen molar-refractivity contribution in [1.29, 1.82) is 0 Å². The summed E-state index contributed by atoms with van der Waals surface area (Å²) in [5, 5.41) is 2.95. The quantitative estimate of drug-likeness (QED) is 0.782. The fourth-order valence-electron chi connectivity index (χ4n) is 2.70. The first-order valence-corrected chi connectivity index (χ1v) is 7.88. The first-order chi connectivity index (χ1) is 11.6. The van der Waals surface area contributed by atoms with E-state index in [1.165, 1.54) is 5.56 Å². The normalized spacial score (nSPS) is 11.0. The highest BCUT2D eigenvalue weighted by Crippen LogP contribution is 2.18. The number of carbonyl (C=O) groups is 1. The molecule has 0 radical (unpaired) electrons. The Morgan fingerprint density at radius 2 is 1.96 bits per heavy atom. The van der Waals surface area contributed by atoms with Gasteiger partial charge in [-0.05, 0) is 49.2 Å². The molecule has 5 nitrogen and oxygen atoms in total. The van der Waals surface area contributed by atoms with Gasteiger partial charge in [-0.3, -0.25) is 4.79 Å². The summed E-state index contributed by atoms with van der Waals surface area (Å²) in [6.07, 6.45) is 0. The molecule has 1 aromatic heterocycles. The van der Waals surface area contributed by atoms with Gasteiger partial charge >= 0.3 is 0 Å². The van der Waals surface area contributed by atoms with Gasteiger partial charge < -0.3 is 14.6 Å². The Balaban J connectivity index is 1.84. The molecule has 0 bridgehead atoms. The molecule has 0 unspecified atom stereocenters. The van der Waals surface area contributed by atoms with Crippen molar-refractivity contribution < 1.29 is 9.53 Å². The molecule has 5 heteroatoms. The van der Waals surface area contributed by atoms with E-state index >= 15 is 0 Å². The summed E-state index contributed by atoms with van der Waals surface area (Å²) in [4.78, 5) is 17.0. The number of nitrogens with zero attached hydrogens (tertiary/aromatic N) is 2. The van der Waals surface area contributed by atoms with Crippen molar-refractivity contribution in [3.63, 3.8) is 0 Å². The molecule has 124 valence electrons. The minimum atomic E-state index is -0.0845. The second kappa shape index (κ2) is 6.84. The lowest BCUT2D eigenvalue weighted by molar-refractivity contribution is -0.116. The first kappa shape index (κ1) is 16.2. The number of aryl methyl sites for hydroxylation is 2. The van der Waals surface area contributed by atoms with Crippen LogP contribution >= 0.6 is 0 Å². The number of fused-ring (bicyclic) bond motifs is 1. The lowest BCUT2D eigenvalue weighted by Crippen LogP contribution is -2.20. The summed E-state index contributed by atoms with van der Waals surface area (Å²) < 4.78 is 7.11. The molecule has 0 atom stereocenters. The van der Waals surface area contributed by atoms with Crippen molar-refractivity contribution in [2.45, 2.75) is 27.0 Å². The van der Waals surface area contributed by atoms with Gasteiger partial charge in [0.05, 0.1) is 11.0 Å². The average Bonchev–Trinajstić information content (AvgIpc) is 2.89. The van der Waals surface area contributed by atoms with E-state index in [2.05, 4.69) is 17.2 Å². The summed E-state index contributed by atoms with van der Waals surface area (Å²) >= 11 is 0. The van der Waals surface area contributed by atoms with Crippen LogP contribution in [0, 0.1) is 13.8 Å². The zero-order chi connectivity index (χ0) is 17.1. The minimum Gasteiger partial charge on any atom is -0.377 e. The molecule has 2 aromatic carbocycles. The number of ether oxygens (including phenoxy) is 1. The Labute approximate surface area is 141 Å². The van der Waals surface area contributed by atoms with E-state index in [4.69, 9.17) is 4.74 Å². The molecular formula is C19H21N3O2. The summed E-state index contributed by atoms with van der Waals surface area (Å²) in [6.45, 7) is 4.65. The van der Waals surface area contributed by atoms with Crippen LogP contribution in [0.25, 0.3) is 11.0 Å². The number of nitrogens with one attached hydrogen (secondary N) is 1. The number of anilines is 1. The molecule has 1 heterocycles. The van der Waals surface area contributed by atoms with Crippen LogP contribution < -0.4 is 5.32 Å². The number of methoxy groups -OCH3 is 1. The second-order valence-electron chi connectivity index (χ2n) is 5.88.